The van der Waals surface area contributed by atoms with Crippen LogP contribution in [0.4, 0.5) is 0 Å². The lowest BCUT2D eigenvalue weighted by Crippen LogP contribution is -2.32. The Kier molecular flexibility index (Phi) is 5.08. The van der Waals surface area contributed by atoms with Gasteiger partial charge in [0, 0.05) is 53.1 Å². The molecule has 10 aromatic rings. The largest absolute Gasteiger partial charge is 0.454 e. The molecule has 1 aliphatic carbocycles. The van der Waals surface area contributed by atoms with Crippen LogP contribution in [0.3, 0.4) is 0 Å². The second-order valence-corrected chi connectivity index (χ2v) is 14.7. The van der Waals surface area contributed by atoms with Gasteiger partial charge in [-0.1, -0.05) is 140 Å². The minimum atomic E-state index is -0.523. The zero-order valence-electron chi connectivity index (χ0n) is 26.9. The third-order valence-electron chi connectivity index (χ3n) is 11.2. The van der Waals surface area contributed by atoms with Crippen molar-refractivity contribution in [1.82, 2.24) is 4.57 Å². The molecule has 50 heavy (non-hydrogen) atoms. The molecular weight excluding hydrogens is 627 g/mol. The highest BCUT2D eigenvalue weighted by Crippen LogP contribution is 2.63. The number of benzene rings is 8. The molecule has 0 radical (unpaired) electrons. The molecule has 12 rings (SSSR count). The van der Waals surface area contributed by atoms with E-state index in [0.29, 0.717) is 0 Å². The van der Waals surface area contributed by atoms with E-state index in [-0.39, 0.29) is 0 Å². The normalized spacial score (nSPS) is 13.9. The van der Waals surface area contributed by atoms with Gasteiger partial charge in [-0.3, -0.25) is 0 Å². The molecule has 8 aromatic carbocycles. The summed E-state index contributed by atoms with van der Waals surface area (Å²) >= 11 is 1.86. The number of hydrogen-bond donors (Lipinski definition) is 0. The lowest BCUT2D eigenvalue weighted by molar-refractivity contribution is 0.440. The van der Waals surface area contributed by atoms with Crippen molar-refractivity contribution in [2.75, 3.05) is 0 Å². The third kappa shape index (κ3) is 3.19. The first kappa shape index (κ1) is 26.8. The fourth-order valence-corrected chi connectivity index (χ4v) is 10.4. The lowest BCUT2D eigenvalue weighted by Gasteiger charge is -2.39. The smallest absolute Gasteiger partial charge is 0.156 e. The molecule has 1 spiro atoms. The van der Waals surface area contributed by atoms with Gasteiger partial charge in [0.05, 0.1) is 16.4 Å². The number of para-hydroxylation sites is 1. The highest BCUT2D eigenvalue weighted by atomic mass is 32.1. The van der Waals surface area contributed by atoms with Crippen molar-refractivity contribution >= 4 is 64.1 Å². The molecule has 0 N–H and O–H groups in total. The number of ether oxygens (including phenoxy) is 1. The molecule has 0 unspecified atom stereocenters. The van der Waals surface area contributed by atoms with Gasteiger partial charge >= 0.3 is 0 Å². The topological polar surface area (TPSA) is 14.2 Å². The van der Waals surface area contributed by atoms with Crippen LogP contribution in [0.1, 0.15) is 22.3 Å². The first-order chi connectivity index (χ1) is 24.8. The Morgan fingerprint density at radius 3 is 1.90 bits per heavy atom. The summed E-state index contributed by atoms with van der Waals surface area (Å²) in [5.41, 5.74) is 10.5. The minimum Gasteiger partial charge on any atom is -0.454 e. The molecule has 0 fully saturated rings. The van der Waals surface area contributed by atoms with E-state index in [1.165, 1.54) is 80.6 Å². The fourth-order valence-electron chi connectivity index (χ4n) is 9.28. The standard InChI is InChI=1S/C47H27NOS/c1-2-12-30-28(11-1)21-23-35-36-25-26-40-46(45(36)48(44(30)35)29-22-24-34-33-15-5-10-20-42(33)50-43(34)27-29)49-41-19-9-8-18-39(41)47(40)37-16-6-3-13-31(37)32-14-4-7-17-38(32)47/h1-27H. The average molecular weight is 654 g/mol. The third-order valence-corrected chi connectivity index (χ3v) is 12.4. The lowest BCUT2D eigenvalue weighted by atomic mass is 9.66. The van der Waals surface area contributed by atoms with Crippen molar-refractivity contribution in [2.24, 2.45) is 0 Å². The number of thiophene rings is 1. The maximum atomic E-state index is 7.23. The maximum Gasteiger partial charge on any atom is 0.156 e. The molecule has 3 heteroatoms. The minimum absolute atomic E-state index is 0.523. The number of aromatic nitrogens is 1. The van der Waals surface area contributed by atoms with Crippen molar-refractivity contribution in [3.8, 4) is 28.3 Å². The Labute approximate surface area is 292 Å². The van der Waals surface area contributed by atoms with Crippen LogP contribution >= 0.6 is 11.3 Å². The zero-order chi connectivity index (χ0) is 32.6. The quantitative estimate of drug-likeness (QED) is 0.172. The molecule has 3 heterocycles. The van der Waals surface area contributed by atoms with Gasteiger partial charge in [-0.15, -0.1) is 11.3 Å². The fraction of sp³-hybridized carbons (Fsp3) is 0.0213. The number of fused-ring (bicyclic) bond motifs is 18. The van der Waals surface area contributed by atoms with E-state index >= 15 is 0 Å². The Hall–Kier alpha value is -6.16. The summed E-state index contributed by atoms with van der Waals surface area (Å²) in [6, 6.07) is 60.3. The highest BCUT2D eigenvalue weighted by Gasteiger charge is 2.51. The van der Waals surface area contributed by atoms with Crippen molar-refractivity contribution in [3.63, 3.8) is 0 Å². The first-order valence-corrected chi connectivity index (χ1v) is 18.0. The highest BCUT2D eigenvalue weighted by molar-refractivity contribution is 7.25. The predicted octanol–water partition coefficient (Wildman–Crippen LogP) is 12.8. The van der Waals surface area contributed by atoms with Crippen LogP contribution in [0.25, 0.3) is 69.6 Å². The summed E-state index contributed by atoms with van der Waals surface area (Å²) in [5, 5.41) is 7.47. The Bertz CT molecular complexity index is 3040. The van der Waals surface area contributed by atoms with Gasteiger partial charge in [0.2, 0.25) is 0 Å². The Morgan fingerprint density at radius 2 is 1.06 bits per heavy atom. The van der Waals surface area contributed by atoms with E-state index in [1.54, 1.807) is 0 Å². The number of nitrogens with zero attached hydrogens (tertiary/aromatic N) is 1. The number of hydrogen-bond acceptors (Lipinski definition) is 2. The molecule has 1 aliphatic heterocycles. The zero-order valence-corrected chi connectivity index (χ0v) is 27.7. The van der Waals surface area contributed by atoms with Crippen LogP contribution in [0.2, 0.25) is 0 Å². The predicted molar refractivity (Wildman–Crippen MR) is 209 cm³/mol. The van der Waals surface area contributed by atoms with E-state index in [9.17, 15) is 0 Å². The summed E-state index contributed by atoms with van der Waals surface area (Å²) in [6.07, 6.45) is 0. The summed E-state index contributed by atoms with van der Waals surface area (Å²) in [7, 11) is 0. The van der Waals surface area contributed by atoms with Gasteiger partial charge in [-0.05, 0) is 51.9 Å². The first-order valence-electron chi connectivity index (χ1n) is 17.2. The number of rotatable bonds is 1. The molecule has 0 bridgehead atoms. The van der Waals surface area contributed by atoms with Gasteiger partial charge in [-0.25, -0.2) is 0 Å². The van der Waals surface area contributed by atoms with Crippen LogP contribution < -0.4 is 4.74 Å². The van der Waals surface area contributed by atoms with Gasteiger partial charge < -0.3 is 9.30 Å². The van der Waals surface area contributed by atoms with Gasteiger partial charge in [0.15, 0.2) is 5.75 Å². The second-order valence-electron chi connectivity index (χ2n) is 13.6. The summed E-state index contributed by atoms with van der Waals surface area (Å²) in [4.78, 5) is 0. The molecule has 2 aromatic heterocycles. The monoisotopic (exact) mass is 653 g/mol. The van der Waals surface area contributed by atoms with Crippen LogP contribution in [-0.4, -0.2) is 4.57 Å². The molecule has 0 atom stereocenters. The second kappa shape index (κ2) is 9.50. The van der Waals surface area contributed by atoms with Crippen molar-refractivity contribution in [3.05, 3.63) is 186 Å². The van der Waals surface area contributed by atoms with Crippen LogP contribution in [0.5, 0.6) is 11.5 Å². The molecular formula is C47H27NOS. The average Bonchev–Trinajstić information content (AvgIpc) is 3.82. The SMILES string of the molecule is c1ccc2c(c1)Oc1c(ccc3c4ccc5ccccc5c4n(-c4ccc5c(c4)sc4ccccc45)c13)C21c2ccccc2-c2ccccc21. The van der Waals surface area contributed by atoms with Gasteiger partial charge in [-0.2, -0.15) is 0 Å². The summed E-state index contributed by atoms with van der Waals surface area (Å²) in [6.45, 7) is 0. The summed E-state index contributed by atoms with van der Waals surface area (Å²) in [5.74, 6) is 1.82. The van der Waals surface area contributed by atoms with Crippen molar-refractivity contribution in [2.45, 2.75) is 5.41 Å². The van der Waals surface area contributed by atoms with E-state index < -0.39 is 5.41 Å². The summed E-state index contributed by atoms with van der Waals surface area (Å²) < 4.78 is 12.3. The van der Waals surface area contributed by atoms with Gasteiger partial charge in [0.25, 0.3) is 0 Å². The van der Waals surface area contributed by atoms with Crippen LogP contribution in [-0.2, 0) is 5.41 Å². The van der Waals surface area contributed by atoms with Crippen LogP contribution in [0.15, 0.2) is 164 Å². The molecule has 2 nitrogen and oxygen atoms in total. The van der Waals surface area contributed by atoms with E-state index in [4.69, 9.17) is 4.74 Å². The molecule has 2 aliphatic rings. The van der Waals surface area contributed by atoms with Crippen molar-refractivity contribution in [1.29, 1.82) is 0 Å². The van der Waals surface area contributed by atoms with Crippen LogP contribution in [0, 0.1) is 0 Å². The van der Waals surface area contributed by atoms with E-state index in [1.807, 2.05) is 11.3 Å². The van der Waals surface area contributed by atoms with Gasteiger partial charge in [0.1, 0.15) is 5.75 Å². The molecule has 232 valence electrons. The van der Waals surface area contributed by atoms with Crippen molar-refractivity contribution < 1.29 is 4.74 Å². The Morgan fingerprint density at radius 1 is 0.440 bits per heavy atom. The molecule has 0 saturated carbocycles. The maximum absolute atomic E-state index is 7.23. The van der Waals surface area contributed by atoms with E-state index in [2.05, 4.69) is 168 Å². The Balaban J connectivity index is 1.28. The van der Waals surface area contributed by atoms with E-state index in [0.717, 1.165) is 22.7 Å². The molecule has 0 saturated heterocycles. The molecule has 0 amide bonds.